The highest BCUT2D eigenvalue weighted by atomic mass is 32.1. The normalized spacial score (nSPS) is 12.5. The predicted molar refractivity (Wildman–Crippen MR) is 60.5 cm³/mol. The summed E-state index contributed by atoms with van der Waals surface area (Å²) in [5.41, 5.74) is 2.12. The zero-order valence-corrected chi connectivity index (χ0v) is 9.69. The van der Waals surface area contributed by atoms with Gasteiger partial charge >= 0.3 is 0 Å². The van der Waals surface area contributed by atoms with E-state index >= 15 is 0 Å². The maximum Gasteiger partial charge on any atom is 0.182 e. The standard InChI is InChI=1S/C11H9F3N2S/c1-6(10-4-17-5-15-10)16-9-3-7(12)2-8(13)11(9)14/h2-6,16H,1H3. The lowest BCUT2D eigenvalue weighted by Crippen LogP contribution is -2.09. The third-order valence-corrected chi connectivity index (χ3v) is 2.86. The van der Waals surface area contributed by atoms with E-state index in [-0.39, 0.29) is 11.7 Å². The van der Waals surface area contributed by atoms with Crippen molar-refractivity contribution >= 4 is 17.0 Å². The molecule has 0 aliphatic rings. The highest BCUT2D eigenvalue weighted by Gasteiger charge is 2.14. The lowest BCUT2D eigenvalue weighted by atomic mass is 10.2. The molecule has 2 nitrogen and oxygen atoms in total. The molecule has 0 spiro atoms. The molecular weight excluding hydrogens is 249 g/mol. The molecule has 0 aliphatic heterocycles. The van der Waals surface area contributed by atoms with E-state index in [9.17, 15) is 13.2 Å². The van der Waals surface area contributed by atoms with Gasteiger partial charge in [0.25, 0.3) is 0 Å². The van der Waals surface area contributed by atoms with Crippen LogP contribution in [0.4, 0.5) is 18.9 Å². The molecule has 0 amide bonds. The van der Waals surface area contributed by atoms with Crippen LogP contribution in [-0.2, 0) is 0 Å². The van der Waals surface area contributed by atoms with E-state index in [4.69, 9.17) is 0 Å². The van der Waals surface area contributed by atoms with Crippen LogP contribution in [0.15, 0.2) is 23.0 Å². The molecule has 90 valence electrons. The van der Waals surface area contributed by atoms with Gasteiger partial charge in [-0.05, 0) is 6.92 Å². The summed E-state index contributed by atoms with van der Waals surface area (Å²) in [5.74, 6) is -3.12. The highest BCUT2D eigenvalue weighted by molar-refractivity contribution is 7.07. The van der Waals surface area contributed by atoms with E-state index in [1.54, 1.807) is 17.8 Å². The van der Waals surface area contributed by atoms with E-state index < -0.39 is 17.5 Å². The first-order valence-corrected chi connectivity index (χ1v) is 5.81. The molecule has 0 bridgehead atoms. The number of nitrogens with zero attached hydrogens (tertiary/aromatic N) is 1. The Morgan fingerprint density at radius 2 is 2.06 bits per heavy atom. The van der Waals surface area contributed by atoms with Crippen molar-refractivity contribution in [2.24, 2.45) is 0 Å². The largest absolute Gasteiger partial charge is 0.374 e. The second kappa shape index (κ2) is 4.75. The summed E-state index contributed by atoms with van der Waals surface area (Å²) in [6.07, 6.45) is 0. The van der Waals surface area contributed by atoms with Crippen LogP contribution in [0, 0.1) is 17.5 Å². The van der Waals surface area contributed by atoms with Gasteiger partial charge in [-0.15, -0.1) is 11.3 Å². The average molecular weight is 258 g/mol. The molecule has 1 heterocycles. The quantitative estimate of drug-likeness (QED) is 0.848. The summed E-state index contributed by atoms with van der Waals surface area (Å²) >= 11 is 1.40. The number of hydrogen-bond acceptors (Lipinski definition) is 3. The molecule has 1 unspecified atom stereocenters. The minimum absolute atomic E-state index is 0.206. The Bertz CT molecular complexity index is 514. The van der Waals surface area contributed by atoms with Gasteiger partial charge in [-0.2, -0.15) is 0 Å². The van der Waals surface area contributed by atoms with Crippen molar-refractivity contribution in [2.45, 2.75) is 13.0 Å². The number of hydrogen-bond donors (Lipinski definition) is 1. The molecule has 0 radical (unpaired) electrons. The topological polar surface area (TPSA) is 24.9 Å². The van der Waals surface area contributed by atoms with Gasteiger partial charge in [0.2, 0.25) is 0 Å². The number of halogens is 3. The van der Waals surface area contributed by atoms with Crippen LogP contribution >= 0.6 is 11.3 Å². The van der Waals surface area contributed by atoms with E-state index in [2.05, 4.69) is 10.3 Å². The van der Waals surface area contributed by atoms with Gasteiger partial charge in [0.1, 0.15) is 5.82 Å². The first kappa shape index (κ1) is 11.9. The number of rotatable bonds is 3. The van der Waals surface area contributed by atoms with Gasteiger partial charge in [0, 0.05) is 17.5 Å². The van der Waals surface area contributed by atoms with E-state index in [0.717, 1.165) is 6.07 Å². The van der Waals surface area contributed by atoms with Crippen molar-refractivity contribution in [1.82, 2.24) is 4.98 Å². The van der Waals surface area contributed by atoms with Gasteiger partial charge in [-0.1, -0.05) is 0 Å². The lowest BCUT2D eigenvalue weighted by Gasteiger charge is -2.14. The summed E-state index contributed by atoms with van der Waals surface area (Å²) < 4.78 is 39.3. The van der Waals surface area contributed by atoms with Crippen molar-refractivity contribution in [3.63, 3.8) is 0 Å². The molecule has 2 rings (SSSR count). The Kier molecular flexibility index (Phi) is 3.33. The van der Waals surface area contributed by atoms with Gasteiger partial charge in [-0.3, -0.25) is 0 Å². The Labute approximate surface area is 100 Å². The van der Waals surface area contributed by atoms with Crippen LogP contribution in [0.3, 0.4) is 0 Å². The average Bonchev–Trinajstić information content (AvgIpc) is 2.78. The van der Waals surface area contributed by atoms with Crippen molar-refractivity contribution < 1.29 is 13.2 Å². The SMILES string of the molecule is CC(Nc1cc(F)cc(F)c1F)c1cscn1. The second-order valence-electron chi connectivity index (χ2n) is 3.53. The summed E-state index contributed by atoms with van der Waals surface area (Å²) in [5, 5.41) is 4.47. The Hall–Kier alpha value is -1.56. The van der Waals surface area contributed by atoms with Crippen LogP contribution in [-0.4, -0.2) is 4.98 Å². The number of thiazole rings is 1. The fourth-order valence-corrected chi connectivity index (χ4v) is 2.05. The van der Waals surface area contributed by atoms with Crippen molar-refractivity contribution in [3.8, 4) is 0 Å². The molecule has 2 aromatic rings. The van der Waals surface area contributed by atoms with E-state index in [1.165, 1.54) is 11.3 Å². The number of anilines is 1. The Balaban J connectivity index is 2.24. The molecular formula is C11H9F3N2S. The van der Waals surface area contributed by atoms with Gasteiger partial charge < -0.3 is 5.32 Å². The minimum atomic E-state index is -1.21. The molecule has 6 heteroatoms. The van der Waals surface area contributed by atoms with Crippen LogP contribution < -0.4 is 5.32 Å². The maximum atomic E-state index is 13.4. The molecule has 0 fully saturated rings. The molecule has 1 atom stereocenters. The fraction of sp³-hybridized carbons (Fsp3) is 0.182. The second-order valence-corrected chi connectivity index (χ2v) is 4.25. The molecule has 17 heavy (non-hydrogen) atoms. The molecule has 1 N–H and O–H groups in total. The smallest absolute Gasteiger partial charge is 0.182 e. The number of aromatic nitrogens is 1. The zero-order valence-electron chi connectivity index (χ0n) is 8.88. The zero-order chi connectivity index (χ0) is 12.4. The van der Waals surface area contributed by atoms with Crippen LogP contribution in [0.25, 0.3) is 0 Å². The van der Waals surface area contributed by atoms with Crippen molar-refractivity contribution in [2.75, 3.05) is 5.32 Å². The third-order valence-electron chi connectivity index (χ3n) is 2.26. The first-order chi connectivity index (χ1) is 8.08. The predicted octanol–water partition coefficient (Wildman–Crippen LogP) is 3.73. The molecule has 0 saturated carbocycles. The fourth-order valence-electron chi connectivity index (χ4n) is 1.40. The molecule has 0 aliphatic carbocycles. The Morgan fingerprint density at radius 3 is 2.71 bits per heavy atom. The van der Waals surface area contributed by atoms with Gasteiger partial charge in [-0.25, -0.2) is 18.2 Å². The highest BCUT2D eigenvalue weighted by Crippen LogP contribution is 2.24. The number of nitrogens with one attached hydrogen (secondary N) is 1. The monoisotopic (exact) mass is 258 g/mol. The third kappa shape index (κ3) is 2.58. The van der Waals surface area contributed by atoms with E-state index in [1.807, 2.05) is 0 Å². The van der Waals surface area contributed by atoms with Gasteiger partial charge in [0.15, 0.2) is 11.6 Å². The summed E-state index contributed by atoms with van der Waals surface area (Å²) in [6.45, 7) is 1.73. The summed E-state index contributed by atoms with van der Waals surface area (Å²) in [4.78, 5) is 4.03. The summed E-state index contributed by atoms with van der Waals surface area (Å²) in [7, 11) is 0. The molecule has 1 aromatic carbocycles. The summed E-state index contributed by atoms with van der Waals surface area (Å²) in [6, 6.07) is 1.10. The Morgan fingerprint density at radius 1 is 1.29 bits per heavy atom. The van der Waals surface area contributed by atoms with Crippen LogP contribution in [0.1, 0.15) is 18.7 Å². The van der Waals surface area contributed by atoms with Gasteiger partial charge in [0.05, 0.1) is 22.9 Å². The van der Waals surface area contributed by atoms with E-state index in [0.29, 0.717) is 11.8 Å². The first-order valence-electron chi connectivity index (χ1n) is 4.87. The molecule has 0 saturated heterocycles. The molecule has 1 aromatic heterocycles. The number of benzene rings is 1. The van der Waals surface area contributed by atoms with Crippen LogP contribution in [0.5, 0.6) is 0 Å². The lowest BCUT2D eigenvalue weighted by molar-refractivity contribution is 0.496. The maximum absolute atomic E-state index is 13.4. The van der Waals surface area contributed by atoms with Crippen LogP contribution in [0.2, 0.25) is 0 Å². The van der Waals surface area contributed by atoms with Crippen molar-refractivity contribution in [1.29, 1.82) is 0 Å². The minimum Gasteiger partial charge on any atom is -0.374 e. The van der Waals surface area contributed by atoms with Crippen molar-refractivity contribution in [3.05, 3.63) is 46.2 Å².